The van der Waals surface area contributed by atoms with Gasteiger partial charge in [0.05, 0.1) is 25.5 Å². The fourth-order valence-corrected chi connectivity index (χ4v) is 2.60. The number of carbonyl (C=O) groups excluding carboxylic acids is 3. The normalized spacial score (nSPS) is 14.5. The Morgan fingerprint density at radius 1 is 1.36 bits per heavy atom. The molecular formula is C13H18N4O4S. The van der Waals surface area contributed by atoms with Crippen molar-refractivity contribution in [3.05, 3.63) is 11.1 Å². The Balaban J connectivity index is 1.53. The number of hydrogen-bond acceptors (Lipinski definition) is 6. The lowest BCUT2D eigenvalue weighted by molar-refractivity contribution is -0.139. The molecular weight excluding hydrogens is 308 g/mol. The fourth-order valence-electron chi connectivity index (χ4n) is 1.92. The standard InChI is InChI=1S/C13H18N4O4S/c1-9-8-22-13(15-9)16-12(20)14-4-6-21-7-5-17-10(18)2-3-11(17)19/h8H,2-7H2,1H3,(H2,14,15,16,20). The second-order valence-electron chi connectivity index (χ2n) is 4.73. The summed E-state index contributed by atoms with van der Waals surface area (Å²) in [5.41, 5.74) is 0.856. The molecule has 9 heteroatoms. The van der Waals surface area contributed by atoms with Gasteiger partial charge in [-0.15, -0.1) is 11.3 Å². The zero-order valence-electron chi connectivity index (χ0n) is 12.3. The summed E-state index contributed by atoms with van der Waals surface area (Å²) in [5.74, 6) is -0.297. The molecule has 22 heavy (non-hydrogen) atoms. The summed E-state index contributed by atoms with van der Waals surface area (Å²) in [6, 6.07) is -0.345. The van der Waals surface area contributed by atoms with Gasteiger partial charge in [-0.2, -0.15) is 0 Å². The zero-order valence-corrected chi connectivity index (χ0v) is 13.1. The maximum absolute atomic E-state index is 11.5. The van der Waals surface area contributed by atoms with Crippen LogP contribution in [0.3, 0.4) is 0 Å². The van der Waals surface area contributed by atoms with Gasteiger partial charge in [-0.3, -0.25) is 19.8 Å². The van der Waals surface area contributed by atoms with Gasteiger partial charge in [0.2, 0.25) is 11.8 Å². The molecule has 120 valence electrons. The van der Waals surface area contributed by atoms with Crippen LogP contribution < -0.4 is 10.6 Å². The van der Waals surface area contributed by atoms with Gasteiger partial charge in [0.15, 0.2) is 5.13 Å². The molecule has 2 rings (SSSR count). The van der Waals surface area contributed by atoms with Crippen LogP contribution in [-0.2, 0) is 14.3 Å². The third-order valence-electron chi connectivity index (χ3n) is 2.99. The molecule has 0 bridgehead atoms. The molecule has 0 spiro atoms. The maximum Gasteiger partial charge on any atom is 0.321 e. The third-order valence-corrected chi connectivity index (χ3v) is 3.86. The number of anilines is 1. The number of aromatic nitrogens is 1. The highest BCUT2D eigenvalue weighted by Gasteiger charge is 2.28. The molecule has 0 aliphatic carbocycles. The summed E-state index contributed by atoms with van der Waals surface area (Å²) >= 11 is 1.36. The highest BCUT2D eigenvalue weighted by atomic mass is 32.1. The molecule has 1 fully saturated rings. The molecule has 0 aromatic carbocycles. The lowest BCUT2D eigenvalue weighted by Gasteiger charge is -2.13. The topological polar surface area (TPSA) is 101 Å². The molecule has 1 aliphatic heterocycles. The minimum atomic E-state index is -0.345. The van der Waals surface area contributed by atoms with E-state index in [-0.39, 0.29) is 43.8 Å². The summed E-state index contributed by atoms with van der Waals surface area (Å²) < 4.78 is 5.30. The number of thiazole rings is 1. The van der Waals surface area contributed by atoms with Crippen molar-refractivity contribution in [3.63, 3.8) is 0 Å². The average molecular weight is 326 g/mol. The van der Waals surface area contributed by atoms with Crippen molar-refractivity contribution < 1.29 is 19.1 Å². The maximum atomic E-state index is 11.5. The van der Waals surface area contributed by atoms with Crippen LogP contribution in [0.2, 0.25) is 0 Å². The van der Waals surface area contributed by atoms with Gasteiger partial charge in [-0.1, -0.05) is 0 Å². The number of carbonyl (C=O) groups is 3. The Morgan fingerprint density at radius 3 is 2.73 bits per heavy atom. The van der Waals surface area contributed by atoms with E-state index in [9.17, 15) is 14.4 Å². The van der Waals surface area contributed by atoms with Crippen LogP contribution in [0.15, 0.2) is 5.38 Å². The molecule has 0 radical (unpaired) electrons. The largest absolute Gasteiger partial charge is 0.378 e. The van der Waals surface area contributed by atoms with Gasteiger partial charge in [-0.05, 0) is 6.92 Å². The molecule has 1 aliphatic rings. The summed E-state index contributed by atoms with van der Waals surface area (Å²) in [6.07, 6.45) is 0.577. The highest BCUT2D eigenvalue weighted by Crippen LogP contribution is 2.13. The van der Waals surface area contributed by atoms with E-state index >= 15 is 0 Å². The zero-order chi connectivity index (χ0) is 15.9. The first-order valence-corrected chi connectivity index (χ1v) is 7.82. The average Bonchev–Trinajstić information content (AvgIpc) is 3.01. The van der Waals surface area contributed by atoms with Gasteiger partial charge in [0, 0.05) is 24.8 Å². The number of hydrogen-bond donors (Lipinski definition) is 2. The van der Waals surface area contributed by atoms with Crippen molar-refractivity contribution in [2.24, 2.45) is 0 Å². The van der Waals surface area contributed by atoms with E-state index in [1.807, 2.05) is 12.3 Å². The Morgan fingerprint density at radius 2 is 2.09 bits per heavy atom. The van der Waals surface area contributed by atoms with E-state index in [1.54, 1.807) is 0 Å². The molecule has 2 N–H and O–H groups in total. The van der Waals surface area contributed by atoms with Crippen LogP contribution in [0.1, 0.15) is 18.5 Å². The number of amides is 4. The molecule has 8 nitrogen and oxygen atoms in total. The summed E-state index contributed by atoms with van der Waals surface area (Å²) in [7, 11) is 0. The van der Waals surface area contributed by atoms with Crippen LogP contribution in [0.4, 0.5) is 9.93 Å². The van der Waals surface area contributed by atoms with Gasteiger partial charge in [0.25, 0.3) is 0 Å². The third kappa shape index (κ3) is 4.78. The molecule has 1 aromatic heterocycles. The molecule has 2 heterocycles. The number of nitrogens with zero attached hydrogens (tertiary/aromatic N) is 2. The van der Waals surface area contributed by atoms with Crippen molar-refractivity contribution >= 4 is 34.3 Å². The molecule has 4 amide bonds. The van der Waals surface area contributed by atoms with Crippen molar-refractivity contribution in [2.45, 2.75) is 19.8 Å². The predicted octanol–water partition coefficient (Wildman–Crippen LogP) is 0.739. The SMILES string of the molecule is Cc1csc(NC(=O)NCCOCCN2C(=O)CCC2=O)n1. The Labute approximate surface area is 131 Å². The molecule has 0 atom stereocenters. The van der Waals surface area contributed by atoms with Gasteiger partial charge in [0.1, 0.15) is 0 Å². The lowest BCUT2D eigenvalue weighted by Crippen LogP contribution is -2.34. The van der Waals surface area contributed by atoms with E-state index in [1.165, 1.54) is 16.2 Å². The Hall–Kier alpha value is -2.00. The van der Waals surface area contributed by atoms with E-state index in [0.717, 1.165) is 5.69 Å². The predicted molar refractivity (Wildman–Crippen MR) is 80.6 cm³/mol. The van der Waals surface area contributed by atoms with Gasteiger partial charge in [-0.25, -0.2) is 9.78 Å². The fraction of sp³-hybridized carbons (Fsp3) is 0.538. The van der Waals surface area contributed by atoms with E-state index < -0.39 is 0 Å². The summed E-state index contributed by atoms with van der Waals surface area (Å²) in [6.45, 7) is 3.02. The Bertz CT molecular complexity index is 544. The smallest absolute Gasteiger partial charge is 0.321 e. The molecule has 0 unspecified atom stereocenters. The number of imide groups is 1. The first-order chi connectivity index (χ1) is 10.6. The number of nitrogens with one attached hydrogen (secondary N) is 2. The summed E-state index contributed by atoms with van der Waals surface area (Å²) in [4.78, 5) is 39.6. The van der Waals surface area contributed by atoms with Crippen LogP contribution in [-0.4, -0.2) is 54.0 Å². The van der Waals surface area contributed by atoms with Crippen molar-refractivity contribution in [3.8, 4) is 0 Å². The minimum absolute atomic E-state index is 0.148. The number of urea groups is 1. The van der Waals surface area contributed by atoms with Gasteiger partial charge < -0.3 is 10.1 Å². The first-order valence-electron chi connectivity index (χ1n) is 6.94. The van der Waals surface area contributed by atoms with E-state index in [0.29, 0.717) is 18.3 Å². The van der Waals surface area contributed by atoms with Gasteiger partial charge >= 0.3 is 6.03 Å². The monoisotopic (exact) mass is 326 g/mol. The quantitative estimate of drug-likeness (QED) is 0.568. The van der Waals surface area contributed by atoms with Crippen LogP contribution in [0, 0.1) is 6.92 Å². The van der Waals surface area contributed by atoms with Crippen molar-refractivity contribution in [1.29, 1.82) is 0 Å². The van der Waals surface area contributed by atoms with Crippen LogP contribution in [0.5, 0.6) is 0 Å². The lowest BCUT2D eigenvalue weighted by atomic mass is 10.4. The molecule has 1 saturated heterocycles. The van der Waals surface area contributed by atoms with Crippen molar-refractivity contribution in [2.75, 3.05) is 31.6 Å². The highest BCUT2D eigenvalue weighted by molar-refractivity contribution is 7.13. The van der Waals surface area contributed by atoms with Crippen LogP contribution >= 0.6 is 11.3 Å². The first kappa shape index (κ1) is 16.4. The second kappa shape index (κ2) is 7.85. The number of ether oxygens (including phenoxy) is 1. The summed E-state index contributed by atoms with van der Waals surface area (Å²) in [5, 5.41) is 7.64. The van der Waals surface area contributed by atoms with Crippen molar-refractivity contribution in [1.82, 2.24) is 15.2 Å². The molecule has 1 aromatic rings. The minimum Gasteiger partial charge on any atom is -0.378 e. The van der Waals surface area contributed by atoms with Crippen LogP contribution in [0.25, 0.3) is 0 Å². The van der Waals surface area contributed by atoms with E-state index in [2.05, 4.69) is 15.6 Å². The number of likely N-dealkylation sites (tertiary alicyclic amines) is 1. The molecule has 0 saturated carbocycles. The number of aryl methyl sites for hydroxylation is 1. The second-order valence-corrected chi connectivity index (χ2v) is 5.58. The Kier molecular flexibility index (Phi) is 5.84. The number of rotatable bonds is 7. The van der Waals surface area contributed by atoms with E-state index in [4.69, 9.17) is 4.74 Å².